The smallest absolute Gasteiger partial charge is 0.227 e. The molecule has 0 aliphatic carbocycles. The number of benzene rings is 1. The number of aromatic nitrogens is 1. The van der Waals surface area contributed by atoms with Gasteiger partial charge in [-0.25, -0.2) is 0 Å². The van der Waals surface area contributed by atoms with Crippen LogP contribution in [0.5, 0.6) is 0 Å². The molecule has 2 aromatic rings. The molecule has 0 spiro atoms. The van der Waals surface area contributed by atoms with Gasteiger partial charge in [-0.2, -0.15) is 0 Å². The van der Waals surface area contributed by atoms with Crippen molar-refractivity contribution < 1.29 is 9.32 Å². The van der Waals surface area contributed by atoms with Gasteiger partial charge in [-0.05, 0) is 30.9 Å². The molecule has 0 saturated carbocycles. The van der Waals surface area contributed by atoms with E-state index >= 15 is 0 Å². The highest BCUT2D eigenvalue weighted by Crippen LogP contribution is 2.17. The predicted molar refractivity (Wildman–Crippen MR) is 102 cm³/mol. The Balaban J connectivity index is 1.50. The van der Waals surface area contributed by atoms with Crippen molar-refractivity contribution in [3.63, 3.8) is 0 Å². The highest BCUT2D eigenvalue weighted by molar-refractivity contribution is 5.79. The molecule has 0 radical (unpaired) electrons. The van der Waals surface area contributed by atoms with Crippen molar-refractivity contribution in [2.75, 3.05) is 26.2 Å². The van der Waals surface area contributed by atoms with Gasteiger partial charge in [0.1, 0.15) is 5.76 Å². The van der Waals surface area contributed by atoms with Gasteiger partial charge >= 0.3 is 0 Å². The number of hydrogen-bond acceptors (Lipinski definition) is 4. The highest BCUT2D eigenvalue weighted by atomic mass is 16.5. The van der Waals surface area contributed by atoms with Gasteiger partial charge in [0.2, 0.25) is 5.91 Å². The number of nitrogens with zero attached hydrogens (tertiary/aromatic N) is 3. The molecule has 1 aromatic carbocycles. The van der Waals surface area contributed by atoms with Crippen LogP contribution < -0.4 is 0 Å². The molecule has 26 heavy (non-hydrogen) atoms. The molecule has 1 aliphatic rings. The molecule has 5 heteroatoms. The van der Waals surface area contributed by atoms with Crippen LogP contribution in [0.15, 0.2) is 28.8 Å². The van der Waals surface area contributed by atoms with Gasteiger partial charge in [0, 0.05) is 38.3 Å². The number of rotatable bonds is 5. The molecule has 140 valence electrons. The average Bonchev–Trinajstić information content (AvgIpc) is 2.94. The van der Waals surface area contributed by atoms with Crippen molar-refractivity contribution in [2.24, 2.45) is 0 Å². The first-order valence-corrected chi connectivity index (χ1v) is 9.44. The third kappa shape index (κ3) is 4.33. The molecule has 1 amide bonds. The SMILES string of the molecule is Cc1noc(C)c1CC(=O)N1CCN(Cc2ccc(C(C)C)cc2)CC1. The zero-order valence-electron chi connectivity index (χ0n) is 16.3. The number of amides is 1. The number of piperazine rings is 1. The Labute approximate surface area is 156 Å². The second kappa shape index (κ2) is 8.04. The van der Waals surface area contributed by atoms with Gasteiger partial charge in [-0.1, -0.05) is 43.3 Å². The molecule has 1 fully saturated rings. The predicted octanol–water partition coefficient (Wildman–Crippen LogP) is 3.30. The van der Waals surface area contributed by atoms with E-state index < -0.39 is 0 Å². The molecule has 0 atom stereocenters. The first kappa shape index (κ1) is 18.6. The number of aryl methyl sites for hydroxylation is 2. The molecule has 0 bridgehead atoms. The van der Waals surface area contributed by atoms with Crippen molar-refractivity contribution >= 4 is 5.91 Å². The third-order valence-corrected chi connectivity index (χ3v) is 5.29. The van der Waals surface area contributed by atoms with Crippen LogP contribution in [0.4, 0.5) is 0 Å². The van der Waals surface area contributed by atoms with E-state index in [1.54, 1.807) is 0 Å². The van der Waals surface area contributed by atoms with Gasteiger partial charge in [-0.15, -0.1) is 0 Å². The fourth-order valence-corrected chi connectivity index (χ4v) is 3.44. The Hall–Kier alpha value is -2.14. The molecule has 1 aliphatic heterocycles. The Kier molecular flexibility index (Phi) is 5.77. The van der Waals surface area contributed by atoms with Crippen LogP contribution in [-0.2, 0) is 17.8 Å². The Morgan fingerprint density at radius 1 is 1.12 bits per heavy atom. The van der Waals surface area contributed by atoms with Crippen molar-refractivity contribution in [3.05, 3.63) is 52.4 Å². The highest BCUT2D eigenvalue weighted by Gasteiger charge is 2.23. The topological polar surface area (TPSA) is 49.6 Å². The lowest BCUT2D eigenvalue weighted by Gasteiger charge is -2.34. The molecular weight excluding hydrogens is 326 g/mol. The molecule has 1 aromatic heterocycles. The minimum atomic E-state index is 0.167. The summed E-state index contributed by atoms with van der Waals surface area (Å²) in [5, 5.41) is 3.94. The first-order valence-electron chi connectivity index (χ1n) is 9.44. The lowest BCUT2D eigenvalue weighted by molar-refractivity contribution is -0.132. The molecule has 1 saturated heterocycles. The summed E-state index contributed by atoms with van der Waals surface area (Å²) in [7, 11) is 0. The molecule has 0 unspecified atom stereocenters. The minimum absolute atomic E-state index is 0.167. The van der Waals surface area contributed by atoms with E-state index in [-0.39, 0.29) is 5.91 Å². The second-order valence-electron chi connectivity index (χ2n) is 7.53. The summed E-state index contributed by atoms with van der Waals surface area (Å²) < 4.78 is 5.16. The normalized spacial score (nSPS) is 15.7. The van der Waals surface area contributed by atoms with Crippen LogP contribution in [0, 0.1) is 13.8 Å². The lowest BCUT2D eigenvalue weighted by atomic mass is 10.0. The first-order chi connectivity index (χ1) is 12.4. The minimum Gasteiger partial charge on any atom is -0.361 e. The molecule has 5 nitrogen and oxygen atoms in total. The summed E-state index contributed by atoms with van der Waals surface area (Å²) in [6.45, 7) is 12.5. The van der Waals surface area contributed by atoms with Gasteiger partial charge in [0.15, 0.2) is 0 Å². The number of hydrogen-bond donors (Lipinski definition) is 0. The average molecular weight is 355 g/mol. The van der Waals surface area contributed by atoms with Crippen LogP contribution in [0.1, 0.15) is 47.9 Å². The Bertz CT molecular complexity index is 722. The monoisotopic (exact) mass is 355 g/mol. The quantitative estimate of drug-likeness (QED) is 0.826. The maximum atomic E-state index is 12.6. The second-order valence-corrected chi connectivity index (χ2v) is 7.53. The largest absolute Gasteiger partial charge is 0.361 e. The zero-order chi connectivity index (χ0) is 18.7. The fraction of sp³-hybridized carbons (Fsp3) is 0.524. The van der Waals surface area contributed by atoms with E-state index in [9.17, 15) is 4.79 Å². The maximum Gasteiger partial charge on any atom is 0.227 e. The molecule has 3 rings (SSSR count). The number of carbonyl (C=O) groups is 1. The van der Waals surface area contributed by atoms with Gasteiger partial charge in [0.25, 0.3) is 0 Å². The van der Waals surface area contributed by atoms with Crippen molar-refractivity contribution in [1.82, 2.24) is 15.0 Å². The van der Waals surface area contributed by atoms with E-state index in [0.29, 0.717) is 12.3 Å². The van der Waals surface area contributed by atoms with Crippen LogP contribution in [0.25, 0.3) is 0 Å². The van der Waals surface area contributed by atoms with Gasteiger partial charge < -0.3 is 9.42 Å². The summed E-state index contributed by atoms with van der Waals surface area (Å²) in [4.78, 5) is 17.0. The van der Waals surface area contributed by atoms with Crippen LogP contribution in [-0.4, -0.2) is 47.0 Å². The molecule has 0 N–H and O–H groups in total. The van der Waals surface area contributed by atoms with E-state index in [1.165, 1.54) is 11.1 Å². The van der Waals surface area contributed by atoms with Gasteiger partial charge in [-0.3, -0.25) is 9.69 Å². The van der Waals surface area contributed by atoms with Crippen LogP contribution in [0.2, 0.25) is 0 Å². The maximum absolute atomic E-state index is 12.6. The Morgan fingerprint density at radius 2 is 1.77 bits per heavy atom. The summed E-state index contributed by atoms with van der Waals surface area (Å²) in [6, 6.07) is 8.90. The molecule has 2 heterocycles. The van der Waals surface area contributed by atoms with Gasteiger partial charge in [0.05, 0.1) is 12.1 Å². The summed E-state index contributed by atoms with van der Waals surface area (Å²) in [5.41, 5.74) is 4.47. The van der Waals surface area contributed by atoms with E-state index in [0.717, 1.165) is 49.7 Å². The third-order valence-electron chi connectivity index (χ3n) is 5.29. The van der Waals surface area contributed by atoms with E-state index in [4.69, 9.17) is 4.52 Å². The van der Waals surface area contributed by atoms with E-state index in [2.05, 4.69) is 48.2 Å². The summed E-state index contributed by atoms with van der Waals surface area (Å²) in [6.07, 6.45) is 0.387. The van der Waals surface area contributed by atoms with Crippen LogP contribution >= 0.6 is 0 Å². The van der Waals surface area contributed by atoms with Crippen molar-refractivity contribution in [1.29, 1.82) is 0 Å². The molecular formula is C21H29N3O2. The number of carbonyl (C=O) groups excluding carboxylic acids is 1. The van der Waals surface area contributed by atoms with Crippen LogP contribution in [0.3, 0.4) is 0 Å². The summed E-state index contributed by atoms with van der Waals surface area (Å²) >= 11 is 0. The summed E-state index contributed by atoms with van der Waals surface area (Å²) in [5.74, 6) is 1.48. The lowest BCUT2D eigenvalue weighted by Crippen LogP contribution is -2.48. The Morgan fingerprint density at radius 3 is 2.31 bits per heavy atom. The zero-order valence-corrected chi connectivity index (χ0v) is 16.3. The van der Waals surface area contributed by atoms with E-state index in [1.807, 2.05) is 18.7 Å². The van der Waals surface area contributed by atoms with Crippen molar-refractivity contribution in [2.45, 2.75) is 46.6 Å². The van der Waals surface area contributed by atoms with Crippen molar-refractivity contribution in [3.8, 4) is 0 Å². The standard InChI is InChI=1S/C21H29N3O2/c1-15(2)19-7-5-18(6-8-19)14-23-9-11-24(12-10-23)21(25)13-20-16(3)22-26-17(20)4/h5-8,15H,9-14H2,1-4H3. The fourth-order valence-electron chi connectivity index (χ4n) is 3.44.